The van der Waals surface area contributed by atoms with Crippen LogP contribution in [0, 0.1) is 0 Å². The minimum Gasteiger partial charge on any atom is -0.363 e. The molecule has 2 N–H and O–H groups in total. The Bertz CT molecular complexity index is 524. The molecule has 0 fully saturated rings. The average molecular weight is 268 g/mol. The molecular weight excluding hydrogens is 250 g/mol. The summed E-state index contributed by atoms with van der Waals surface area (Å²) in [6, 6.07) is 0. The van der Waals surface area contributed by atoms with Crippen molar-refractivity contribution in [2.24, 2.45) is 0 Å². The highest BCUT2D eigenvalue weighted by molar-refractivity contribution is 6.28. The van der Waals surface area contributed by atoms with Gasteiger partial charge in [-0.15, -0.1) is 0 Å². The molecule has 5 nitrogen and oxygen atoms in total. The van der Waals surface area contributed by atoms with Gasteiger partial charge in [0.1, 0.15) is 5.52 Å². The van der Waals surface area contributed by atoms with E-state index in [1.54, 1.807) is 6.33 Å². The number of hydrogen-bond acceptors (Lipinski definition) is 4. The van der Waals surface area contributed by atoms with Crippen molar-refractivity contribution in [3.8, 4) is 0 Å². The van der Waals surface area contributed by atoms with Crippen molar-refractivity contribution in [3.63, 3.8) is 0 Å². The average Bonchev–Trinajstić information content (AvgIpc) is 2.84. The SMILES string of the molecule is CCC(CC)(CC)Nc1nc(Cl)nc2nc[nH]c12. The van der Waals surface area contributed by atoms with Crippen LogP contribution in [-0.4, -0.2) is 25.5 Å². The van der Waals surface area contributed by atoms with Crippen LogP contribution in [0.4, 0.5) is 5.82 Å². The molecule has 0 amide bonds. The Kier molecular flexibility index (Phi) is 3.71. The summed E-state index contributed by atoms with van der Waals surface area (Å²) >= 11 is 5.92. The standard InChI is InChI=1S/C12H18ClN5/c1-4-12(5-2,6-3)18-10-8-9(15-7-14-8)16-11(13)17-10/h7H,4-6H2,1-3H3,(H2,14,15,16,17,18). The van der Waals surface area contributed by atoms with Crippen molar-refractivity contribution in [2.45, 2.75) is 45.6 Å². The predicted molar refractivity (Wildman–Crippen MR) is 73.9 cm³/mol. The van der Waals surface area contributed by atoms with E-state index in [4.69, 9.17) is 11.6 Å². The number of anilines is 1. The third kappa shape index (κ3) is 2.27. The van der Waals surface area contributed by atoms with Crippen LogP contribution in [0.25, 0.3) is 11.2 Å². The van der Waals surface area contributed by atoms with Gasteiger partial charge in [0.25, 0.3) is 0 Å². The van der Waals surface area contributed by atoms with Crippen LogP contribution >= 0.6 is 11.6 Å². The van der Waals surface area contributed by atoms with E-state index in [0.717, 1.165) is 30.6 Å². The van der Waals surface area contributed by atoms with E-state index in [-0.39, 0.29) is 10.8 Å². The Hall–Kier alpha value is -1.36. The van der Waals surface area contributed by atoms with E-state index in [9.17, 15) is 0 Å². The maximum atomic E-state index is 5.92. The zero-order chi connectivity index (χ0) is 13.2. The first kappa shape index (κ1) is 13.1. The molecule has 0 unspecified atom stereocenters. The van der Waals surface area contributed by atoms with Crippen LogP contribution < -0.4 is 5.32 Å². The number of H-pyrrole nitrogens is 1. The second-order valence-corrected chi connectivity index (χ2v) is 4.75. The number of rotatable bonds is 5. The van der Waals surface area contributed by atoms with Crippen molar-refractivity contribution in [1.82, 2.24) is 19.9 Å². The number of nitrogens with one attached hydrogen (secondary N) is 2. The van der Waals surface area contributed by atoms with Crippen LogP contribution in [-0.2, 0) is 0 Å². The molecule has 6 heteroatoms. The van der Waals surface area contributed by atoms with E-state index in [1.807, 2.05) is 0 Å². The molecule has 0 aliphatic heterocycles. The number of imidazole rings is 1. The maximum Gasteiger partial charge on any atom is 0.226 e. The van der Waals surface area contributed by atoms with Gasteiger partial charge in [0.05, 0.1) is 6.33 Å². The van der Waals surface area contributed by atoms with Crippen LogP contribution in [0.1, 0.15) is 40.0 Å². The Morgan fingerprint density at radius 3 is 2.50 bits per heavy atom. The third-order valence-electron chi connectivity index (χ3n) is 3.67. The summed E-state index contributed by atoms with van der Waals surface area (Å²) in [5.41, 5.74) is 1.43. The van der Waals surface area contributed by atoms with Gasteiger partial charge in [-0.2, -0.15) is 9.97 Å². The van der Waals surface area contributed by atoms with Gasteiger partial charge in [0, 0.05) is 5.54 Å². The van der Waals surface area contributed by atoms with E-state index in [2.05, 4.69) is 46.0 Å². The molecule has 2 heterocycles. The van der Waals surface area contributed by atoms with Crippen molar-refractivity contribution >= 4 is 28.6 Å². The van der Waals surface area contributed by atoms with Crippen LogP contribution in [0.5, 0.6) is 0 Å². The zero-order valence-electron chi connectivity index (χ0n) is 10.9. The first-order chi connectivity index (χ1) is 8.64. The molecular formula is C12H18ClN5. The van der Waals surface area contributed by atoms with Crippen molar-refractivity contribution in [2.75, 3.05) is 5.32 Å². The molecule has 0 spiro atoms. The number of aromatic amines is 1. The predicted octanol–water partition coefficient (Wildman–Crippen LogP) is 3.39. The highest BCUT2D eigenvalue weighted by Gasteiger charge is 2.25. The summed E-state index contributed by atoms with van der Waals surface area (Å²) in [7, 11) is 0. The summed E-state index contributed by atoms with van der Waals surface area (Å²) in [6.07, 6.45) is 4.68. The molecule has 2 aromatic heterocycles. The fraction of sp³-hybridized carbons (Fsp3) is 0.583. The van der Waals surface area contributed by atoms with Gasteiger partial charge >= 0.3 is 0 Å². The third-order valence-corrected chi connectivity index (χ3v) is 3.84. The van der Waals surface area contributed by atoms with Crippen LogP contribution in [0.2, 0.25) is 5.28 Å². The zero-order valence-corrected chi connectivity index (χ0v) is 11.7. The minimum atomic E-state index is 0.0374. The number of hydrogen-bond donors (Lipinski definition) is 2. The Balaban J connectivity index is 2.44. The molecule has 0 radical (unpaired) electrons. The summed E-state index contributed by atoms with van der Waals surface area (Å²) in [5.74, 6) is 0.730. The summed E-state index contributed by atoms with van der Waals surface area (Å²) < 4.78 is 0. The molecule has 0 atom stereocenters. The van der Waals surface area contributed by atoms with Gasteiger partial charge < -0.3 is 10.3 Å². The smallest absolute Gasteiger partial charge is 0.226 e. The van der Waals surface area contributed by atoms with Crippen molar-refractivity contribution < 1.29 is 0 Å². The molecule has 0 saturated heterocycles. The van der Waals surface area contributed by atoms with Gasteiger partial charge in [-0.1, -0.05) is 20.8 Å². The number of halogens is 1. The van der Waals surface area contributed by atoms with Gasteiger partial charge in [-0.3, -0.25) is 0 Å². The quantitative estimate of drug-likeness (QED) is 0.815. The first-order valence-corrected chi connectivity index (χ1v) is 6.66. The monoisotopic (exact) mass is 267 g/mol. The number of aromatic nitrogens is 4. The summed E-state index contributed by atoms with van der Waals surface area (Å²) in [4.78, 5) is 15.5. The molecule has 18 heavy (non-hydrogen) atoms. The first-order valence-electron chi connectivity index (χ1n) is 6.29. The summed E-state index contributed by atoms with van der Waals surface area (Å²) in [5, 5.41) is 3.72. The Morgan fingerprint density at radius 2 is 1.89 bits per heavy atom. The fourth-order valence-electron chi connectivity index (χ4n) is 2.16. The lowest BCUT2D eigenvalue weighted by Crippen LogP contribution is -2.36. The molecule has 2 aromatic rings. The van der Waals surface area contributed by atoms with Crippen LogP contribution in [0.15, 0.2) is 6.33 Å². The molecule has 0 aromatic carbocycles. The number of nitrogens with zero attached hydrogens (tertiary/aromatic N) is 3. The highest BCUT2D eigenvalue weighted by Crippen LogP contribution is 2.28. The summed E-state index contributed by atoms with van der Waals surface area (Å²) in [6.45, 7) is 6.52. The van der Waals surface area contributed by atoms with Gasteiger partial charge in [-0.25, -0.2) is 4.98 Å². The lowest BCUT2D eigenvalue weighted by molar-refractivity contribution is 0.419. The topological polar surface area (TPSA) is 66.5 Å². The second-order valence-electron chi connectivity index (χ2n) is 4.41. The van der Waals surface area contributed by atoms with Gasteiger partial charge in [0.15, 0.2) is 11.5 Å². The largest absolute Gasteiger partial charge is 0.363 e. The lowest BCUT2D eigenvalue weighted by atomic mass is 9.90. The molecule has 0 aliphatic carbocycles. The fourth-order valence-corrected chi connectivity index (χ4v) is 2.33. The van der Waals surface area contributed by atoms with E-state index in [0.29, 0.717) is 5.65 Å². The van der Waals surface area contributed by atoms with Crippen molar-refractivity contribution in [1.29, 1.82) is 0 Å². The van der Waals surface area contributed by atoms with Gasteiger partial charge in [-0.05, 0) is 30.9 Å². The highest BCUT2D eigenvalue weighted by atomic mass is 35.5. The number of fused-ring (bicyclic) bond motifs is 1. The molecule has 0 saturated carbocycles. The minimum absolute atomic E-state index is 0.0374. The van der Waals surface area contributed by atoms with Gasteiger partial charge in [0.2, 0.25) is 5.28 Å². The molecule has 0 bridgehead atoms. The maximum absolute atomic E-state index is 5.92. The second kappa shape index (κ2) is 5.10. The lowest BCUT2D eigenvalue weighted by Gasteiger charge is -2.32. The van der Waals surface area contributed by atoms with Crippen LogP contribution in [0.3, 0.4) is 0 Å². The molecule has 98 valence electrons. The van der Waals surface area contributed by atoms with E-state index >= 15 is 0 Å². The van der Waals surface area contributed by atoms with Crippen molar-refractivity contribution in [3.05, 3.63) is 11.6 Å². The normalized spacial score (nSPS) is 12.0. The Labute approximate surface area is 111 Å². The Morgan fingerprint density at radius 1 is 1.22 bits per heavy atom. The van der Waals surface area contributed by atoms with E-state index in [1.165, 1.54) is 0 Å². The van der Waals surface area contributed by atoms with E-state index < -0.39 is 0 Å². The molecule has 2 rings (SSSR count). The molecule has 0 aliphatic rings.